The highest BCUT2D eigenvalue weighted by molar-refractivity contribution is 7.90. The first-order chi connectivity index (χ1) is 20.1. The van der Waals surface area contributed by atoms with Gasteiger partial charge in [-0.2, -0.15) is 21.6 Å². The van der Waals surface area contributed by atoms with Crippen LogP contribution in [0.4, 0.5) is 13.2 Å². The summed E-state index contributed by atoms with van der Waals surface area (Å²) in [6, 6.07) is 19.3. The number of nitrogens with zero attached hydrogens (tertiary/aromatic N) is 1. The average molecular weight is 658 g/mol. The molecular formula is C27H27ClF3N5O5S2. The first-order valence-electron chi connectivity index (χ1n) is 12.9. The molecule has 16 heteroatoms. The van der Waals surface area contributed by atoms with Gasteiger partial charge in [0, 0.05) is 17.5 Å². The number of halogens is 4. The van der Waals surface area contributed by atoms with Crippen LogP contribution in [0.1, 0.15) is 35.4 Å². The minimum atomic E-state index is -4.64. The molecule has 10 nitrogen and oxygen atoms in total. The van der Waals surface area contributed by atoms with E-state index in [0.717, 1.165) is 23.3 Å². The summed E-state index contributed by atoms with van der Waals surface area (Å²) in [7, 11) is -8.62. The third-order valence-corrected chi connectivity index (χ3v) is 9.91. The van der Waals surface area contributed by atoms with Gasteiger partial charge in [-0.1, -0.05) is 54.1 Å². The molecule has 2 fully saturated rings. The Morgan fingerprint density at radius 2 is 1.60 bits per heavy atom. The van der Waals surface area contributed by atoms with E-state index in [0.29, 0.717) is 17.2 Å². The molecule has 3 aromatic carbocycles. The van der Waals surface area contributed by atoms with Crippen molar-refractivity contribution in [3.8, 4) is 0 Å². The summed E-state index contributed by atoms with van der Waals surface area (Å²) >= 11 is 6.18. The van der Waals surface area contributed by atoms with Gasteiger partial charge < -0.3 is 0 Å². The molecule has 0 spiro atoms. The Morgan fingerprint density at radius 3 is 2.16 bits per heavy atom. The van der Waals surface area contributed by atoms with Crippen molar-refractivity contribution in [1.82, 2.24) is 15.2 Å². The summed E-state index contributed by atoms with van der Waals surface area (Å²) in [6.45, 7) is 0.109. The zero-order valence-electron chi connectivity index (χ0n) is 22.3. The van der Waals surface area contributed by atoms with Crippen molar-refractivity contribution in [2.24, 2.45) is 11.1 Å². The molecule has 2 aliphatic rings. The fourth-order valence-corrected chi connectivity index (χ4v) is 7.39. The van der Waals surface area contributed by atoms with Crippen LogP contribution in [0, 0.1) is 11.3 Å². The van der Waals surface area contributed by atoms with Crippen LogP contribution < -0.4 is 15.3 Å². The molecule has 1 saturated carbocycles. The number of alkyl halides is 3. The van der Waals surface area contributed by atoms with E-state index in [9.17, 15) is 30.0 Å². The highest BCUT2D eigenvalue weighted by Crippen LogP contribution is 2.54. The maximum atomic E-state index is 13.1. The topological polar surface area (TPSA) is 155 Å². The van der Waals surface area contributed by atoms with Crippen LogP contribution in [0.5, 0.6) is 0 Å². The Labute approximate surface area is 251 Å². The number of sulfonamides is 1. The van der Waals surface area contributed by atoms with Gasteiger partial charge >= 0.3 is 16.5 Å². The minimum Gasteiger partial charge on any atom is -0.276 e. The summed E-state index contributed by atoms with van der Waals surface area (Å²) in [5.74, 6) is -1.20. The van der Waals surface area contributed by atoms with E-state index in [1.54, 1.807) is 24.3 Å². The van der Waals surface area contributed by atoms with Crippen LogP contribution in [0.3, 0.4) is 0 Å². The largest absolute Gasteiger partial charge is 0.416 e. The minimum absolute atomic E-state index is 0.109. The molecule has 1 saturated heterocycles. The van der Waals surface area contributed by atoms with Gasteiger partial charge in [0.15, 0.2) is 0 Å². The molecule has 0 aromatic heterocycles. The lowest BCUT2D eigenvalue weighted by molar-refractivity contribution is -0.137. The number of hydrogen-bond donors (Lipinski definition) is 4. The van der Waals surface area contributed by atoms with Gasteiger partial charge in [-0.05, 0) is 66.3 Å². The maximum Gasteiger partial charge on any atom is 0.416 e. The molecule has 0 bridgehead atoms. The quantitative estimate of drug-likeness (QED) is 0.221. The van der Waals surface area contributed by atoms with Crippen molar-refractivity contribution >= 4 is 37.9 Å². The van der Waals surface area contributed by atoms with E-state index < -0.39 is 54.6 Å². The predicted molar refractivity (Wildman–Crippen MR) is 152 cm³/mol. The first-order valence-corrected chi connectivity index (χ1v) is 16.3. The second-order valence-electron chi connectivity index (χ2n) is 10.4. The van der Waals surface area contributed by atoms with E-state index in [1.807, 2.05) is 30.3 Å². The fraction of sp³-hybridized carbons (Fsp3) is 0.296. The van der Waals surface area contributed by atoms with E-state index in [1.165, 1.54) is 5.01 Å². The predicted octanol–water partition coefficient (Wildman–Crippen LogP) is 4.07. The fourth-order valence-electron chi connectivity index (χ4n) is 5.75. The normalized spacial score (nSPS) is 24.4. The van der Waals surface area contributed by atoms with Crippen LogP contribution >= 0.6 is 11.6 Å². The van der Waals surface area contributed by atoms with E-state index in [2.05, 4.69) is 10.1 Å². The Balaban J connectivity index is 1.49. The van der Waals surface area contributed by atoms with E-state index >= 15 is 0 Å². The first kappa shape index (κ1) is 31.2. The number of benzene rings is 3. The third-order valence-electron chi connectivity index (χ3n) is 7.76. The molecule has 1 heterocycles. The van der Waals surface area contributed by atoms with Gasteiger partial charge in [0.25, 0.3) is 10.0 Å². The summed E-state index contributed by atoms with van der Waals surface area (Å²) < 4.78 is 95.4. The van der Waals surface area contributed by atoms with Crippen molar-refractivity contribution in [3.63, 3.8) is 0 Å². The second kappa shape index (κ2) is 11.4. The Kier molecular flexibility index (Phi) is 8.26. The molecule has 3 aromatic rings. The number of hydrazine groups is 1. The zero-order chi connectivity index (χ0) is 31.2. The molecule has 1 aliphatic carbocycles. The number of guanidine groups is 1. The second-order valence-corrected chi connectivity index (χ2v) is 13.7. The van der Waals surface area contributed by atoms with Crippen molar-refractivity contribution in [1.29, 1.82) is 5.41 Å². The molecule has 2 atom stereocenters. The summed E-state index contributed by atoms with van der Waals surface area (Å²) in [4.78, 5) is -0.449. The smallest absolute Gasteiger partial charge is 0.276 e. The van der Waals surface area contributed by atoms with Gasteiger partial charge in [0.2, 0.25) is 5.96 Å². The van der Waals surface area contributed by atoms with Crippen molar-refractivity contribution < 1.29 is 34.2 Å². The highest BCUT2D eigenvalue weighted by atomic mass is 35.5. The van der Waals surface area contributed by atoms with E-state index in [4.69, 9.17) is 26.3 Å². The highest BCUT2D eigenvalue weighted by Gasteiger charge is 2.58. The van der Waals surface area contributed by atoms with Crippen LogP contribution in [0.2, 0.25) is 5.02 Å². The molecule has 43 heavy (non-hydrogen) atoms. The Bertz CT molecular complexity index is 1700. The molecule has 0 radical (unpaired) electrons. The maximum absolute atomic E-state index is 13.1. The Hall–Kier alpha value is -3.21. The molecule has 0 amide bonds. The lowest BCUT2D eigenvalue weighted by Crippen LogP contribution is -2.58. The summed E-state index contributed by atoms with van der Waals surface area (Å²) in [5, 5.41) is 15.6. The SMILES string of the molecule is N=C(NS(=O)(=O)c1ccc(C(F)(F)F)cc1)N1C[C@H](c2ccccc2)C(c2ccc(Cl)cc2)(C2CC(OS(N)(=O)=O)C2)N1. The van der Waals surface area contributed by atoms with Crippen LogP contribution in [-0.2, 0) is 36.2 Å². The van der Waals surface area contributed by atoms with E-state index in [-0.39, 0.29) is 31.2 Å². The van der Waals surface area contributed by atoms with Gasteiger partial charge in [-0.3, -0.25) is 14.6 Å². The van der Waals surface area contributed by atoms with Gasteiger partial charge in [-0.25, -0.2) is 23.7 Å². The van der Waals surface area contributed by atoms with Crippen molar-refractivity contribution in [3.05, 3.63) is 101 Å². The monoisotopic (exact) mass is 657 g/mol. The summed E-state index contributed by atoms with van der Waals surface area (Å²) in [5.41, 5.74) is 2.96. The van der Waals surface area contributed by atoms with Crippen LogP contribution in [0.25, 0.3) is 0 Å². The number of hydrogen-bond acceptors (Lipinski definition) is 7. The molecule has 1 aliphatic heterocycles. The standard InChI is InChI=1S/C27H27ClF3N5O5S2/c28-21-10-6-18(7-11-21)26(20-14-22(15-20)41-43(33,39)40)24(17-4-2-1-3-5-17)16-36(35-26)25(32)34-42(37,38)23-12-8-19(9-13-23)27(29,30)31/h1-13,20,22,24,35H,14-16H2,(H2,32,34)(H2,33,39,40)/t20?,22?,24-,26?/m1/s1. The van der Waals surface area contributed by atoms with Crippen molar-refractivity contribution in [2.75, 3.05) is 6.54 Å². The lowest BCUT2D eigenvalue weighted by atomic mass is 9.60. The van der Waals surface area contributed by atoms with Crippen LogP contribution in [0.15, 0.2) is 83.8 Å². The molecule has 1 unspecified atom stereocenters. The zero-order valence-corrected chi connectivity index (χ0v) is 24.6. The molecule has 230 valence electrons. The number of rotatable bonds is 7. The molecule has 5 N–H and O–H groups in total. The third kappa shape index (κ3) is 6.51. The van der Waals surface area contributed by atoms with Crippen LogP contribution in [-0.4, -0.2) is 40.5 Å². The van der Waals surface area contributed by atoms with Gasteiger partial charge in [-0.15, -0.1) is 0 Å². The number of nitrogens with two attached hydrogens (primary N) is 1. The average Bonchev–Trinajstić information content (AvgIpc) is 3.32. The summed E-state index contributed by atoms with van der Waals surface area (Å²) in [6.07, 6.45) is -4.74. The van der Waals surface area contributed by atoms with Gasteiger partial charge in [0.1, 0.15) is 0 Å². The molecule has 5 rings (SSSR count). The lowest BCUT2D eigenvalue weighted by Gasteiger charge is -2.49. The van der Waals surface area contributed by atoms with Crippen molar-refractivity contribution in [2.45, 2.75) is 41.5 Å². The molecular weight excluding hydrogens is 631 g/mol. The number of nitrogens with one attached hydrogen (secondary N) is 3. The Morgan fingerprint density at radius 1 is 1.00 bits per heavy atom. The van der Waals surface area contributed by atoms with Gasteiger partial charge in [0.05, 0.1) is 22.1 Å².